The normalized spacial score (nSPS) is 10.7. The molecule has 1 heterocycles. The van der Waals surface area contributed by atoms with Gasteiger partial charge in [0.25, 0.3) is 0 Å². The van der Waals surface area contributed by atoms with Gasteiger partial charge in [-0.1, -0.05) is 12.1 Å². The van der Waals surface area contributed by atoms with Crippen molar-refractivity contribution in [1.29, 1.82) is 0 Å². The maximum absolute atomic E-state index is 5.28. The van der Waals surface area contributed by atoms with Crippen molar-refractivity contribution in [2.75, 3.05) is 0 Å². The highest BCUT2D eigenvalue weighted by Crippen LogP contribution is 2.18. The van der Waals surface area contributed by atoms with Gasteiger partial charge in [-0.05, 0) is 18.6 Å². The van der Waals surface area contributed by atoms with Gasteiger partial charge in [-0.3, -0.25) is 0 Å². The molecule has 11 heavy (non-hydrogen) atoms. The molecule has 0 saturated heterocycles. The molecular weight excluding hydrogens is 138 g/mol. The molecule has 2 heteroatoms. The van der Waals surface area contributed by atoms with Gasteiger partial charge in [0.15, 0.2) is 11.5 Å². The summed E-state index contributed by atoms with van der Waals surface area (Å²) in [6.45, 7) is 5.61. The van der Waals surface area contributed by atoms with Gasteiger partial charge >= 0.3 is 0 Å². The second-order valence-corrected chi connectivity index (χ2v) is 2.53. The Morgan fingerprint density at radius 1 is 1.45 bits per heavy atom. The van der Waals surface area contributed by atoms with Gasteiger partial charge in [0.1, 0.15) is 5.52 Å². The zero-order valence-electron chi connectivity index (χ0n) is 6.29. The van der Waals surface area contributed by atoms with E-state index in [4.69, 9.17) is 4.42 Å². The van der Waals surface area contributed by atoms with Crippen LogP contribution in [0.4, 0.5) is 0 Å². The number of aromatic nitrogens is 1. The third-order valence-corrected chi connectivity index (χ3v) is 1.66. The van der Waals surface area contributed by atoms with Crippen LogP contribution in [0.5, 0.6) is 0 Å². The van der Waals surface area contributed by atoms with Crippen molar-refractivity contribution in [3.8, 4) is 0 Å². The highest BCUT2D eigenvalue weighted by molar-refractivity contribution is 5.76. The lowest BCUT2D eigenvalue weighted by Gasteiger charge is -1.89. The van der Waals surface area contributed by atoms with Crippen LogP contribution in [0, 0.1) is 13.8 Å². The highest BCUT2D eigenvalue weighted by atomic mass is 16.3. The Labute approximate surface area is 64.9 Å². The van der Waals surface area contributed by atoms with E-state index >= 15 is 0 Å². The van der Waals surface area contributed by atoms with Gasteiger partial charge in [-0.15, -0.1) is 0 Å². The number of nitrogens with zero attached hydrogens (tertiary/aromatic N) is 1. The summed E-state index contributed by atoms with van der Waals surface area (Å²) < 4.78 is 5.28. The predicted octanol–water partition coefficient (Wildman–Crippen LogP) is 2.32. The van der Waals surface area contributed by atoms with E-state index < -0.39 is 0 Å². The number of fused-ring (bicyclic) bond motifs is 1. The number of aryl methyl sites for hydroxylation is 1. The van der Waals surface area contributed by atoms with E-state index in [-0.39, 0.29) is 0 Å². The lowest BCUT2D eigenvalue weighted by Crippen LogP contribution is -1.71. The number of hydrogen-bond donors (Lipinski definition) is 0. The fourth-order valence-corrected chi connectivity index (χ4v) is 1.13. The van der Waals surface area contributed by atoms with Crippen LogP contribution in [0.15, 0.2) is 22.6 Å². The standard InChI is InChI=1S/C9H8NO/c1-6-4-3-5-8-9(6)11-7(2)10-8/h3-5H,2H2,1H3. The molecular formula is C9H8NO. The molecule has 55 valence electrons. The van der Waals surface area contributed by atoms with Gasteiger partial charge in [0.05, 0.1) is 0 Å². The molecule has 2 nitrogen and oxygen atoms in total. The van der Waals surface area contributed by atoms with Crippen LogP contribution in [0.2, 0.25) is 0 Å². The van der Waals surface area contributed by atoms with Crippen molar-refractivity contribution in [1.82, 2.24) is 4.98 Å². The first kappa shape index (κ1) is 6.40. The van der Waals surface area contributed by atoms with Crippen LogP contribution < -0.4 is 0 Å². The van der Waals surface area contributed by atoms with Crippen LogP contribution in [0.1, 0.15) is 11.5 Å². The predicted molar refractivity (Wildman–Crippen MR) is 43.2 cm³/mol. The van der Waals surface area contributed by atoms with Crippen LogP contribution in [0.25, 0.3) is 11.1 Å². The molecule has 0 spiro atoms. The zero-order chi connectivity index (χ0) is 7.84. The lowest BCUT2D eigenvalue weighted by molar-refractivity contribution is 0.577. The average Bonchev–Trinajstić information content (AvgIpc) is 2.31. The number of rotatable bonds is 0. The van der Waals surface area contributed by atoms with E-state index in [1.54, 1.807) is 0 Å². The Hall–Kier alpha value is -1.31. The lowest BCUT2D eigenvalue weighted by atomic mass is 10.2. The molecule has 1 radical (unpaired) electrons. The number of oxazole rings is 1. The molecule has 1 aromatic carbocycles. The topological polar surface area (TPSA) is 26.0 Å². The molecule has 1 aromatic heterocycles. The molecule has 2 aromatic rings. The molecule has 2 rings (SSSR count). The Balaban J connectivity index is 2.90. The molecule has 0 amide bonds. The Kier molecular flexibility index (Phi) is 1.22. The third-order valence-electron chi connectivity index (χ3n) is 1.66. The summed E-state index contributed by atoms with van der Waals surface area (Å²) in [6, 6.07) is 5.87. The van der Waals surface area contributed by atoms with Crippen LogP contribution in [-0.4, -0.2) is 4.98 Å². The minimum atomic E-state index is 0.481. The molecule has 0 atom stereocenters. The van der Waals surface area contributed by atoms with E-state index in [9.17, 15) is 0 Å². The van der Waals surface area contributed by atoms with Crippen molar-refractivity contribution >= 4 is 11.1 Å². The van der Waals surface area contributed by atoms with E-state index in [1.165, 1.54) is 0 Å². The van der Waals surface area contributed by atoms with E-state index in [1.807, 2.05) is 25.1 Å². The number of para-hydroxylation sites is 1. The average molecular weight is 146 g/mol. The van der Waals surface area contributed by atoms with Gasteiger partial charge in [0, 0.05) is 6.92 Å². The van der Waals surface area contributed by atoms with Crippen molar-refractivity contribution in [3.63, 3.8) is 0 Å². The summed E-state index contributed by atoms with van der Waals surface area (Å²) in [5.41, 5.74) is 2.83. The van der Waals surface area contributed by atoms with E-state index in [0.29, 0.717) is 5.89 Å². The summed E-state index contributed by atoms with van der Waals surface area (Å²) in [6.07, 6.45) is 0. The molecule has 0 N–H and O–H groups in total. The Morgan fingerprint density at radius 3 is 3.00 bits per heavy atom. The highest BCUT2D eigenvalue weighted by Gasteiger charge is 2.02. The fraction of sp³-hybridized carbons (Fsp3) is 0.111. The molecule has 0 saturated carbocycles. The monoisotopic (exact) mass is 146 g/mol. The second-order valence-electron chi connectivity index (χ2n) is 2.53. The number of hydrogen-bond acceptors (Lipinski definition) is 2. The van der Waals surface area contributed by atoms with Crippen LogP contribution >= 0.6 is 0 Å². The summed E-state index contributed by atoms with van der Waals surface area (Å²) in [5.74, 6) is 0.481. The van der Waals surface area contributed by atoms with Crippen molar-refractivity contribution in [2.24, 2.45) is 0 Å². The first-order valence-corrected chi connectivity index (χ1v) is 3.45. The summed E-state index contributed by atoms with van der Waals surface area (Å²) in [4.78, 5) is 4.10. The maximum Gasteiger partial charge on any atom is 0.196 e. The third kappa shape index (κ3) is 0.909. The molecule has 0 bridgehead atoms. The first-order chi connectivity index (χ1) is 5.27. The minimum Gasteiger partial charge on any atom is -0.440 e. The van der Waals surface area contributed by atoms with Gasteiger partial charge in [-0.2, -0.15) is 0 Å². The quantitative estimate of drug-likeness (QED) is 0.570. The molecule has 0 aliphatic carbocycles. The number of benzene rings is 1. The molecule has 0 aliphatic heterocycles. The summed E-state index contributed by atoms with van der Waals surface area (Å²) >= 11 is 0. The SMILES string of the molecule is [CH2]c1nc2cccc(C)c2o1. The molecule has 0 fully saturated rings. The zero-order valence-corrected chi connectivity index (χ0v) is 6.29. The van der Waals surface area contributed by atoms with Gasteiger partial charge in [0.2, 0.25) is 0 Å². The fourth-order valence-electron chi connectivity index (χ4n) is 1.13. The molecule has 0 unspecified atom stereocenters. The van der Waals surface area contributed by atoms with Crippen molar-refractivity contribution < 1.29 is 4.42 Å². The largest absolute Gasteiger partial charge is 0.440 e. The Morgan fingerprint density at radius 2 is 2.27 bits per heavy atom. The van der Waals surface area contributed by atoms with Crippen LogP contribution in [-0.2, 0) is 0 Å². The van der Waals surface area contributed by atoms with Gasteiger partial charge < -0.3 is 4.42 Å². The maximum atomic E-state index is 5.28. The summed E-state index contributed by atoms with van der Waals surface area (Å²) in [5, 5.41) is 0. The first-order valence-electron chi connectivity index (χ1n) is 3.45. The Bertz CT molecular complexity index is 389. The van der Waals surface area contributed by atoms with Crippen molar-refractivity contribution in [3.05, 3.63) is 36.6 Å². The minimum absolute atomic E-state index is 0.481. The summed E-state index contributed by atoms with van der Waals surface area (Å²) in [7, 11) is 0. The second kappa shape index (κ2) is 2.09. The van der Waals surface area contributed by atoms with Crippen molar-refractivity contribution in [2.45, 2.75) is 6.92 Å². The molecule has 0 aliphatic rings. The van der Waals surface area contributed by atoms with E-state index in [0.717, 1.165) is 16.7 Å². The van der Waals surface area contributed by atoms with Crippen LogP contribution in [0.3, 0.4) is 0 Å². The van der Waals surface area contributed by atoms with E-state index in [2.05, 4.69) is 11.9 Å². The smallest absolute Gasteiger partial charge is 0.196 e. The van der Waals surface area contributed by atoms with Gasteiger partial charge in [-0.25, -0.2) is 4.98 Å².